The molecule has 1 aromatic carbocycles. The van der Waals surface area contributed by atoms with Gasteiger partial charge in [0.25, 0.3) is 0 Å². The van der Waals surface area contributed by atoms with Crippen LogP contribution in [0.1, 0.15) is 56.1 Å². The smallest absolute Gasteiger partial charge is 0.248 e. The van der Waals surface area contributed by atoms with Gasteiger partial charge in [0.05, 0.1) is 0 Å². The Bertz CT molecular complexity index is 704. The summed E-state index contributed by atoms with van der Waals surface area (Å²) in [5, 5.41) is 13.8. The predicted octanol–water partition coefficient (Wildman–Crippen LogP) is 3.30. The van der Waals surface area contributed by atoms with E-state index in [9.17, 15) is 0 Å². The molecule has 6 nitrogen and oxygen atoms in total. The molecule has 2 aliphatic rings. The van der Waals surface area contributed by atoms with Gasteiger partial charge in [-0.2, -0.15) is 4.98 Å². The lowest BCUT2D eigenvalue weighted by Crippen LogP contribution is -2.39. The van der Waals surface area contributed by atoms with E-state index in [2.05, 4.69) is 44.0 Å². The van der Waals surface area contributed by atoms with Crippen LogP contribution in [-0.2, 0) is 12.8 Å². The second-order valence-electron chi connectivity index (χ2n) is 7.43. The van der Waals surface area contributed by atoms with Crippen molar-refractivity contribution in [2.45, 2.75) is 69.9 Å². The van der Waals surface area contributed by atoms with Crippen LogP contribution in [-0.4, -0.2) is 27.3 Å². The standard InChI is InChI=1S/C19H28N6/c20-18-23-19(25-24-18)22-17-11-7-13-6-9-16(10-8-14(13)12-17)21-15-4-2-1-3-5-15/h7,11-12,15-16,21H,1-6,8-10H2,(H4,20,22,23,24,25). The fraction of sp³-hybridized carbons (Fsp3) is 0.579. The molecule has 0 bridgehead atoms. The highest BCUT2D eigenvalue weighted by atomic mass is 15.3. The zero-order chi connectivity index (χ0) is 17.1. The Balaban J connectivity index is 1.39. The van der Waals surface area contributed by atoms with Gasteiger partial charge in [-0.3, -0.25) is 0 Å². The molecule has 1 fully saturated rings. The number of anilines is 3. The maximum atomic E-state index is 5.58. The predicted molar refractivity (Wildman–Crippen MR) is 101 cm³/mol. The molecule has 1 heterocycles. The van der Waals surface area contributed by atoms with Crippen LogP contribution in [0.5, 0.6) is 0 Å². The summed E-state index contributed by atoms with van der Waals surface area (Å²) in [6, 6.07) is 8.00. The topological polar surface area (TPSA) is 91.7 Å². The van der Waals surface area contributed by atoms with Crippen LogP contribution in [0.4, 0.5) is 17.6 Å². The number of aromatic amines is 1. The molecule has 1 unspecified atom stereocenters. The highest BCUT2D eigenvalue weighted by molar-refractivity contribution is 5.56. The van der Waals surface area contributed by atoms with E-state index < -0.39 is 0 Å². The minimum absolute atomic E-state index is 0.328. The second-order valence-corrected chi connectivity index (χ2v) is 7.43. The van der Waals surface area contributed by atoms with E-state index >= 15 is 0 Å². The number of H-pyrrole nitrogens is 1. The van der Waals surface area contributed by atoms with Crippen molar-refractivity contribution in [3.8, 4) is 0 Å². The fourth-order valence-corrected chi connectivity index (χ4v) is 4.21. The van der Waals surface area contributed by atoms with E-state index in [1.54, 1.807) is 0 Å². The van der Waals surface area contributed by atoms with Gasteiger partial charge in [0.15, 0.2) is 0 Å². The van der Waals surface area contributed by atoms with E-state index in [4.69, 9.17) is 5.73 Å². The molecule has 25 heavy (non-hydrogen) atoms. The number of hydrogen-bond acceptors (Lipinski definition) is 5. The first-order valence-corrected chi connectivity index (χ1v) is 9.59. The van der Waals surface area contributed by atoms with Crippen molar-refractivity contribution in [1.82, 2.24) is 20.5 Å². The number of nitrogens with zero attached hydrogens (tertiary/aromatic N) is 2. The van der Waals surface area contributed by atoms with Gasteiger partial charge in [0.1, 0.15) is 0 Å². The maximum absolute atomic E-state index is 5.58. The molecule has 5 N–H and O–H groups in total. The third-order valence-corrected chi connectivity index (χ3v) is 5.57. The molecule has 0 spiro atoms. The van der Waals surface area contributed by atoms with E-state index in [0.717, 1.165) is 24.6 Å². The first-order chi connectivity index (χ1) is 12.3. The van der Waals surface area contributed by atoms with E-state index in [1.807, 2.05) is 0 Å². The number of nitrogen functional groups attached to an aromatic ring is 1. The Hall–Kier alpha value is -2.08. The number of nitrogens with one attached hydrogen (secondary N) is 3. The lowest BCUT2D eigenvalue weighted by molar-refractivity contribution is 0.321. The van der Waals surface area contributed by atoms with Crippen molar-refractivity contribution in [2.24, 2.45) is 0 Å². The average molecular weight is 340 g/mol. The Morgan fingerprint density at radius 1 is 0.960 bits per heavy atom. The van der Waals surface area contributed by atoms with Gasteiger partial charge in [0, 0.05) is 17.8 Å². The van der Waals surface area contributed by atoms with Crippen LogP contribution >= 0.6 is 0 Å². The summed E-state index contributed by atoms with van der Waals surface area (Å²) in [5.41, 5.74) is 9.53. The summed E-state index contributed by atoms with van der Waals surface area (Å²) in [6.45, 7) is 0. The minimum atomic E-state index is 0.328. The third kappa shape index (κ3) is 4.12. The van der Waals surface area contributed by atoms with Crippen LogP contribution < -0.4 is 16.4 Å². The molecular weight excluding hydrogens is 312 g/mol. The van der Waals surface area contributed by atoms with E-state index in [0.29, 0.717) is 17.9 Å². The van der Waals surface area contributed by atoms with Crippen LogP contribution in [0.15, 0.2) is 18.2 Å². The van der Waals surface area contributed by atoms with Crippen LogP contribution in [0, 0.1) is 0 Å². The lowest BCUT2D eigenvalue weighted by Gasteiger charge is -2.28. The summed E-state index contributed by atoms with van der Waals surface area (Å²) in [5.74, 6) is 0.844. The van der Waals surface area contributed by atoms with Crippen molar-refractivity contribution < 1.29 is 0 Å². The normalized spacial score (nSPS) is 21.5. The molecule has 1 saturated carbocycles. The molecular formula is C19H28N6. The Morgan fingerprint density at radius 3 is 2.48 bits per heavy atom. The quantitative estimate of drug-likeness (QED) is 0.641. The molecule has 0 saturated heterocycles. The molecule has 0 radical (unpaired) electrons. The summed E-state index contributed by atoms with van der Waals surface area (Å²) in [6.07, 6.45) is 11.7. The van der Waals surface area contributed by atoms with E-state index in [-0.39, 0.29) is 0 Å². The number of fused-ring (bicyclic) bond motifs is 1. The number of benzene rings is 1. The Morgan fingerprint density at radius 2 is 1.72 bits per heavy atom. The molecule has 6 heteroatoms. The molecule has 2 aromatic rings. The Labute approximate surface area is 149 Å². The number of nitrogens with two attached hydrogens (primary N) is 1. The molecule has 2 aliphatic carbocycles. The highest BCUT2D eigenvalue weighted by Crippen LogP contribution is 2.26. The number of aromatic nitrogens is 3. The number of aryl methyl sites for hydroxylation is 2. The molecule has 1 atom stereocenters. The maximum Gasteiger partial charge on any atom is 0.248 e. The van der Waals surface area contributed by atoms with Gasteiger partial charge in [-0.1, -0.05) is 25.3 Å². The molecule has 1 aromatic heterocycles. The molecule has 134 valence electrons. The van der Waals surface area contributed by atoms with E-state index in [1.165, 1.54) is 56.1 Å². The SMILES string of the molecule is Nc1nc(Nc2ccc3c(c2)CCC(NC2CCCCC2)CC3)n[nH]1. The van der Waals surface area contributed by atoms with Crippen molar-refractivity contribution >= 4 is 17.6 Å². The van der Waals surface area contributed by atoms with Crippen LogP contribution in [0.2, 0.25) is 0 Å². The summed E-state index contributed by atoms with van der Waals surface area (Å²) >= 11 is 0. The van der Waals surface area contributed by atoms with Gasteiger partial charge in [-0.05, 0) is 61.8 Å². The molecule has 0 aliphatic heterocycles. The zero-order valence-corrected chi connectivity index (χ0v) is 14.7. The summed E-state index contributed by atoms with van der Waals surface area (Å²) in [7, 11) is 0. The third-order valence-electron chi connectivity index (χ3n) is 5.57. The number of hydrogen-bond donors (Lipinski definition) is 4. The zero-order valence-electron chi connectivity index (χ0n) is 14.7. The van der Waals surface area contributed by atoms with Gasteiger partial charge in [-0.25, -0.2) is 5.10 Å². The first-order valence-electron chi connectivity index (χ1n) is 9.59. The van der Waals surface area contributed by atoms with Crippen molar-refractivity contribution in [3.05, 3.63) is 29.3 Å². The first kappa shape index (κ1) is 16.4. The second kappa shape index (κ2) is 7.44. The summed E-state index contributed by atoms with van der Waals surface area (Å²) < 4.78 is 0. The van der Waals surface area contributed by atoms with Gasteiger partial charge in [0.2, 0.25) is 11.9 Å². The van der Waals surface area contributed by atoms with Crippen molar-refractivity contribution in [1.29, 1.82) is 0 Å². The van der Waals surface area contributed by atoms with Crippen LogP contribution in [0.25, 0.3) is 0 Å². The van der Waals surface area contributed by atoms with Crippen LogP contribution in [0.3, 0.4) is 0 Å². The number of rotatable bonds is 4. The Kier molecular flexibility index (Phi) is 4.88. The monoisotopic (exact) mass is 340 g/mol. The lowest BCUT2D eigenvalue weighted by atomic mass is 9.94. The van der Waals surface area contributed by atoms with Gasteiger partial charge < -0.3 is 16.4 Å². The average Bonchev–Trinajstić information content (AvgIpc) is 2.93. The van der Waals surface area contributed by atoms with Gasteiger partial charge in [-0.15, -0.1) is 5.10 Å². The van der Waals surface area contributed by atoms with Crippen molar-refractivity contribution in [2.75, 3.05) is 11.1 Å². The molecule has 4 rings (SSSR count). The highest BCUT2D eigenvalue weighted by Gasteiger charge is 2.21. The largest absolute Gasteiger partial charge is 0.368 e. The van der Waals surface area contributed by atoms with Crippen molar-refractivity contribution in [3.63, 3.8) is 0 Å². The van der Waals surface area contributed by atoms with Gasteiger partial charge >= 0.3 is 0 Å². The fourth-order valence-electron chi connectivity index (χ4n) is 4.21. The minimum Gasteiger partial charge on any atom is -0.368 e. The summed E-state index contributed by atoms with van der Waals surface area (Å²) in [4.78, 5) is 4.10. The molecule has 0 amide bonds.